The van der Waals surface area contributed by atoms with E-state index in [0.717, 1.165) is 12.1 Å². The van der Waals surface area contributed by atoms with Crippen LogP contribution in [0.5, 0.6) is 5.88 Å². The summed E-state index contributed by atoms with van der Waals surface area (Å²) in [5, 5.41) is 16.9. The Bertz CT molecular complexity index is 1240. The van der Waals surface area contributed by atoms with Gasteiger partial charge in [0.1, 0.15) is 11.6 Å². The number of nitrogens with one attached hydrogen (secondary N) is 1. The minimum atomic E-state index is -4.67. The van der Waals surface area contributed by atoms with Crippen LogP contribution in [0, 0.1) is 36.0 Å². The van der Waals surface area contributed by atoms with Crippen molar-refractivity contribution in [2.75, 3.05) is 0 Å². The molecule has 0 bridgehead atoms. The average Bonchev–Trinajstić information content (AvgIpc) is 3.09. The van der Waals surface area contributed by atoms with Gasteiger partial charge in [0.25, 0.3) is 0 Å². The molecule has 5 N–H and O–H groups in total. The number of hydrogen-bond donors (Lipinski definition) is 3. The lowest BCUT2D eigenvalue weighted by Crippen LogP contribution is -2.41. The summed E-state index contributed by atoms with van der Waals surface area (Å²) >= 11 is 0. The summed E-state index contributed by atoms with van der Waals surface area (Å²) in [5.74, 6) is 4.27. The van der Waals surface area contributed by atoms with Crippen molar-refractivity contribution < 1.29 is 22.7 Å². The van der Waals surface area contributed by atoms with Crippen molar-refractivity contribution >= 4 is 5.91 Å². The molecule has 1 unspecified atom stereocenters. The fraction of sp³-hybridized carbons (Fsp3) is 0.348. The second-order valence-electron chi connectivity index (χ2n) is 8.01. The number of benzene rings is 1. The zero-order valence-corrected chi connectivity index (χ0v) is 18.2. The number of alkyl halides is 3. The molecule has 1 aromatic carbocycles. The average molecular weight is 457 g/mol. The zero-order valence-electron chi connectivity index (χ0n) is 18.2. The Labute approximate surface area is 188 Å². The predicted molar refractivity (Wildman–Crippen MR) is 113 cm³/mol. The number of H-pyrrole nitrogens is 1. The third-order valence-electron chi connectivity index (χ3n) is 5.58. The van der Waals surface area contributed by atoms with Crippen LogP contribution in [0.3, 0.4) is 0 Å². The van der Waals surface area contributed by atoms with E-state index >= 15 is 0 Å². The topological polar surface area (TPSA) is 131 Å². The number of aromatic amines is 1. The van der Waals surface area contributed by atoms with E-state index in [0.29, 0.717) is 11.3 Å². The Balaban J connectivity index is 2.36. The van der Waals surface area contributed by atoms with Gasteiger partial charge < -0.3 is 16.2 Å². The Morgan fingerprint density at radius 3 is 2.61 bits per heavy atom. The molecular weight excluding hydrogens is 435 g/mol. The molecule has 2 aromatic rings. The Morgan fingerprint density at radius 2 is 2.03 bits per heavy atom. The highest BCUT2D eigenvalue weighted by Crippen LogP contribution is 2.53. The van der Waals surface area contributed by atoms with Crippen LogP contribution in [0.1, 0.15) is 54.6 Å². The van der Waals surface area contributed by atoms with Crippen molar-refractivity contribution in [3.05, 3.63) is 57.6 Å². The minimum absolute atomic E-state index is 0.0124. The first-order valence-corrected chi connectivity index (χ1v) is 10.1. The van der Waals surface area contributed by atoms with Gasteiger partial charge in [-0.2, -0.15) is 18.4 Å². The molecule has 1 atom stereocenters. The van der Waals surface area contributed by atoms with Crippen molar-refractivity contribution in [2.45, 2.75) is 45.2 Å². The fourth-order valence-electron chi connectivity index (χ4n) is 4.20. The van der Waals surface area contributed by atoms with Crippen LogP contribution in [0.4, 0.5) is 13.2 Å². The van der Waals surface area contributed by atoms with Crippen molar-refractivity contribution in [3.8, 4) is 23.8 Å². The van der Waals surface area contributed by atoms with Crippen LogP contribution < -0.4 is 16.2 Å². The molecule has 33 heavy (non-hydrogen) atoms. The van der Waals surface area contributed by atoms with Gasteiger partial charge in [0.15, 0.2) is 0 Å². The number of rotatable bonds is 4. The van der Waals surface area contributed by atoms with E-state index in [1.165, 1.54) is 6.07 Å². The Morgan fingerprint density at radius 1 is 1.33 bits per heavy atom. The Kier molecular flexibility index (Phi) is 6.15. The quantitative estimate of drug-likeness (QED) is 0.606. The maximum Gasteiger partial charge on any atom is 0.416 e. The van der Waals surface area contributed by atoms with E-state index in [1.807, 2.05) is 6.07 Å². The maximum absolute atomic E-state index is 13.9. The molecule has 0 radical (unpaired) electrons. The van der Waals surface area contributed by atoms with E-state index in [2.05, 4.69) is 22.0 Å². The largest absolute Gasteiger partial charge is 0.420 e. The second-order valence-corrected chi connectivity index (χ2v) is 8.01. The predicted octanol–water partition coefficient (Wildman–Crippen LogP) is 3.38. The number of halogens is 3. The number of aromatic nitrogens is 2. The molecule has 1 aliphatic rings. The second kappa shape index (κ2) is 8.55. The lowest BCUT2D eigenvalue weighted by Gasteiger charge is -2.41. The number of nitrogens with zero attached hydrogens (tertiary/aromatic N) is 2. The molecule has 0 spiro atoms. The first-order chi connectivity index (χ1) is 15.4. The SMILES string of the molecule is Cc1[nH]nc2c1C(c1cc(C#CCCC(N)=O)cc(C(F)(F)F)c1)(C(C)C)C(C#N)=C(N)O2. The lowest BCUT2D eigenvalue weighted by atomic mass is 9.61. The van der Waals surface area contributed by atoms with Crippen molar-refractivity contribution in [1.82, 2.24) is 10.2 Å². The molecule has 7 nitrogen and oxygen atoms in total. The smallest absolute Gasteiger partial charge is 0.416 e. The van der Waals surface area contributed by atoms with E-state index in [4.69, 9.17) is 16.2 Å². The number of fused-ring (bicyclic) bond motifs is 1. The molecule has 3 rings (SSSR count). The van der Waals surface area contributed by atoms with Crippen LogP contribution in [0.25, 0.3) is 0 Å². The monoisotopic (exact) mass is 457 g/mol. The van der Waals surface area contributed by atoms with Gasteiger partial charge in [-0.15, -0.1) is 5.10 Å². The van der Waals surface area contributed by atoms with E-state index in [1.54, 1.807) is 20.8 Å². The Hall–Kier alpha value is -3.92. The summed E-state index contributed by atoms with van der Waals surface area (Å²) in [6, 6.07) is 5.47. The third kappa shape index (κ3) is 4.12. The number of aryl methyl sites for hydroxylation is 1. The summed E-state index contributed by atoms with van der Waals surface area (Å²) in [6.45, 7) is 5.26. The number of ether oxygens (including phenoxy) is 1. The number of primary amides is 1. The van der Waals surface area contributed by atoms with Crippen molar-refractivity contribution in [2.24, 2.45) is 17.4 Å². The van der Waals surface area contributed by atoms with Gasteiger partial charge in [0.05, 0.1) is 16.5 Å². The molecule has 0 aliphatic carbocycles. The molecule has 1 amide bonds. The highest BCUT2D eigenvalue weighted by Gasteiger charge is 2.51. The van der Waals surface area contributed by atoms with Gasteiger partial charge in [0.2, 0.25) is 17.7 Å². The third-order valence-corrected chi connectivity index (χ3v) is 5.58. The molecule has 0 saturated heterocycles. The molecule has 172 valence electrons. The van der Waals surface area contributed by atoms with E-state index in [9.17, 15) is 23.2 Å². The van der Waals surface area contributed by atoms with Crippen LogP contribution >= 0.6 is 0 Å². The number of carbonyl (C=O) groups excluding carboxylic acids is 1. The summed E-state index contributed by atoms with van der Waals surface area (Å²) in [6.07, 6.45) is -4.58. The van der Waals surface area contributed by atoms with Crippen molar-refractivity contribution in [1.29, 1.82) is 5.26 Å². The minimum Gasteiger partial charge on any atom is -0.420 e. The van der Waals surface area contributed by atoms with E-state index in [-0.39, 0.29) is 41.3 Å². The normalized spacial score (nSPS) is 17.6. The van der Waals surface area contributed by atoms with Gasteiger partial charge >= 0.3 is 6.18 Å². The number of nitrogens with two attached hydrogens (primary N) is 2. The maximum atomic E-state index is 13.9. The molecule has 2 heterocycles. The fourth-order valence-corrected chi connectivity index (χ4v) is 4.20. The first kappa shape index (κ1) is 23.7. The summed E-state index contributed by atoms with van der Waals surface area (Å²) < 4.78 is 47.1. The zero-order chi connectivity index (χ0) is 24.6. The van der Waals surface area contributed by atoms with E-state index < -0.39 is 29.0 Å². The van der Waals surface area contributed by atoms with Crippen molar-refractivity contribution in [3.63, 3.8) is 0 Å². The lowest BCUT2D eigenvalue weighted by molar-refractivity contribution is -0.137. The number of carbonyl (C=O) groups is 1. The van der Waals surface area contributed by atoms with Gasteiger partial charge in [-0.05, 0) is 36.6 Å². The molecule has 0 fully saturated rings. The van der Waals surface area contributed by atoms with Gasteiger partial charge in [-0.3, -0.25) is 9.89 Å². The molecule has 0 saturated carbocycles. The highest BCUT2D eigenvalue weighted by atomic mass is 19.4. The summed E-state index contributed by atoms with van der Waals surface area (Å²) in [5.41, 5.74) is 10.1. The molecule has 1 aromatic heterocycles. The molecule has 1 aliphatic heterocycles. The highest BCUT2D eigenvalue weighted by molar-refractivity contribution is 5.74. The van der Waals surface area contributed by atoms with Gasteiger partial charge in [0, 0.05) is 24.1 Å². The number of hydrogen-bond acceptors (Lipinski definition) is 5. The van der Waals surface area contributed by atoms with Crippen LogP contribution in [-0.4, -0.2) is 16.1 Å². The summed E-state index contributed by atoms with van der Waals surface area (Å²) in [7, 11) is 0. The first-order valence-electron chi connectivity index (χ1n) is 10.1. The number of allylic oxidation sites excluding steroid dienone is 1. The molecule has 10 heteroatoms. The molecular formula is C23H22F3N5O2. The van der Waals surface area contributed by atoms with Gasteiger partial charge in [-0.25, -0.2) is 0 Å². The van der Waals surface area contributed by atoms with Crippen LogP contribution in [0.15, 0.2) is 29.7 Å². The van der Waals surface area contributed by atoms with Crippen LogP contribution in [-0.2, 0) is 16.4 Å². The van der Waals surface area contributed by atoms with Gasteiger partial charge in [-0.1, -0.05) is 25.7 Å². The standard InChI is InChI=1S/C23H22F3N5O2/c1-12(2)22(17(11-27)20(29)33-21-19(22)13(3)30-31-21)15-8-14(6-4-5-7-18(28)32)9-16(10-15)23(24,25)26/h8-10,12H,5,7,29H2,1-3H3,(H2,28,32)(H,30,31). The van der Waals surface area contributed by atoms with Crippen LogP contribution in [0.2, 0.25) is 0 Å². The number of nitriles is 1. The number of amides is 1. The summed E-state index contributed by atoms with van der Waals surface area (Å²) in [4.78, 5) is 10.9.